The Bertz CT molecular complexity index is 815. The predicted octanol–water partition coefficient (Wildman–Crippen LogP) is 1.64. The minimum atomic E-state index is -0.461. The van der Waals surface area contributed by atoms with Gasteiger partial charge in [-0.3, -0.25) is 14.6 Å². The third-order valence-corrected chi connectivity index (χ3v) is 3.99. The van der Waals surface area contributed by atoms with E-state index in [1.807, 2.05) is 6.07 Å². The molecule has 0 saturated heterocycles. The number of ether oxygens (including phenoxy) is 1. The highest BCUT2D eigenvalue weighted by Crippen LogP contribution is 2.19. The number of aromatic nitrogens is 2. The van der Waals surface area contributed by atoms with Gasteiger partial charge in [0.15, 0.2) is 0 Å². The van der Waals surface area contributed by atoms with Crippen LogP contribution in [0.15, 0.2) is 24.5 Å². The summed E-state index contributed by atoms with van der Waals surface area (Å²) in [5, 5.41) is 5.45. The summed E-state index contributed by atoms with van der Waals surface area (Å²) >= 11 is 0. The molecular weight excluding hydrogens is 348 g/mol. The maximum Gasteiger partial charge on any atom is 0.340 e. The second kappa shape index (κ2) is 9.51. The van der Waals surface area contributed by atoms with Gasteiger partial charge in [-0.05, 0) is 38.0 Å². The summed E-state index contributed by atoms with van der Waals surface area (Å²) in [5.41, 5.74) is 2.68. The molecule has 2 amide bonds. The number of esters is 1. The van der Waals surface area contributed by atoms with Crippen LogP contribution in [0.4, 0.5) is 0 Å². The van der Waals surface area contributed by atoms with Crippen molar-refractivity contribution in [3.63, 3.8) is 0 Å². The topological polar surface area (TPSA) is 113 Å². The third kappa shape index (κ3) is 5.40. The average molecular weight is 372 g/mol. The van der Waals surface area contributed by atoms with Crippen LogP contribution in [0.5, 0.6) is 0 Å². The van der Waals surface area contributed by atoms with E-state index in [0.717, 1.165) is 5.56 Å². The lowest BCUT2D eigenvalue weighted by molar-refractivity contribution is -0.121. The van der Waals surface area contributed by atoms with E-state index in [9.17, 15) is 14.4 Å². The second-order valence-electron chi connectivity index (χ2n) is 5.99. The van der Waals surface area contributed by atoms with Crippen LogP contribution < -0.4 is 10.6 Å². The average Bonchev–Trinajstić information content (AvgIpc) is 2.95. The Morgan fingerprint density at radius 3 is 2.67 bits per heavy atom. The molecule has 8 heteroatoms. The largest absolute Gasteiger partial charge is 0.462 e. The zero-order chi connectivity index (χ0) is 19.8. The van der Waals surface area contributed by atoms with Crippen molar-refractivity contribution in [2.24, 2.45) is 0 Å². The van der Waals surface area contributed by atoms with Crippen LogP contribution in [-0.2, 0) is 16.1 Å². The number of carbonyl (C=O) groups excluding carboxylic acids is 3. The van der Waals surface area contributed by atoms with Gasteiger partial charge >= 0.3 is 5.97 Å². The van der Waals surface area contributed by atoms with Gasteiger partial charge in [0.1, 0.15) is 5.69 Å². The van der Waals surface area contributed by atoms with Crippen LogP contribution in [0.25, 0.3) is 0 Å². The van der Waals surface area contributed by atoms with Crippen molar-refractivity contribution in [3.8, 4) is 0 Å². The molecule has 0 spiro atoms. The molecule has 27 heavy (non-hydrogen) atoms. The smallest absolute Gasteiger partial charge is 0.340 e. The van der Waals surface area contributed by atoms with Crippen molar-refractivity contribution < 1.29 is 19.1 Å². The number of hydrogen-bond donors (Lipinski definition) is 3. The number of hydrogen-bond acceptors (Lipinski definition) is 5. The summed E-state index contributed by atoms with van der Waals surface area (Å²) in [7, 11) is 0. The van der Waals surface area contributed by atoms with Crippen molar-refractivity contribution in [1.82, 2.24) is 20.6 Å². The highest BCUT2D eigenvalue weighted by Gasteiger charge is 2.22. The van der Waals surface area contributed by atoms with E-state index in [2.05, 4.69) is 20.6 Å². The summed E-state index contributed by atoms with van der Waals surface area (Å²) in [6.07, 6.45) is 3.49. The number of pyridine rings is 1. The Kier molecular flexibility index (Phi) is 7.10. The fourth-order valence-electron chi connectivity index (χ4n) is 2.66. The number of amides is 2. The van der Waals surface area contributed by atoms with Gasteiger partial charge in [-0.2, -0.15) is 0 Å². The van der Waals surface area contributed by atoms with Crippen LogP contribution in [0.2, 0.25) is 0 Å². The first-order valence-electron chi connectivity index (χ1n) is 8.74. The molecule has 2 aromatic rings. The van der Waals surface area contributed by atoms with Crippen LogP contribution in [0.3, 0.4) is 0 Å². The molecule has 0 radical (unpaired) electrons. The molecule has 0 unspecified atom stereocenters. The van der Waals surface area contributed by atoms with Crippen molar-refractivity contribution in [2.75, 3.05) is 13.2 Å². The fraction of sp³-hybridized carbons (Fsp3) is 0.368. The maximum absolute atomic E-state index is 12.3. The number of aryl methyl sites for hydroxylation is 1. The van der Waals surface area contributed by atoms with Crippen molar-refractivity contribution >= 4 is 17.8 Å². The lowest BCUT2D eigenvalue weighted by Crippen LogP contribution is -2.31. The second-order valence-corrected chi connectivity index (χ2v) is 5.99. The Labute approximate surface area is 157 Å². The standard InChI is InChI=1S/C19H24N4O4/c1-4-27-19(26)16-12(2)17(23-13(16)3)18(25)21-9-7-15(24)22-11-14-6-5-8-20-10-14/h5-6,8,10,23H,4,7,9,11H2,1-3H3,(H,21,25)(H,22,24). The molecule has 2 rings (SSSR count). The monoisotopic (exact) mass is 372 g/mol. The molecule has 0 fully saturated rings. The quantitative estimate of drug-likeness (QED) is 0.610. The highest BCUT2D eigenvalue weighted by atomic mass is 16.5. The Morgan fingerprint density at radius 1 is 1.22 bits per heavy atom. The van der Waals surface area contributed by atoms with Crippen LogP contribution in [-0.4, -0.2) is 40.9 Å². The number of nitrogens with zero attached hydrogens (tertiary/aromatic N) is 1. The van der Waals surface area contributed by atoms with Crippen LogP contribution in [0, 0.1) is 13.8 Å². The maximum atomic E-state index is 12.3. The Hall–Kier alpha value is -3.16. The van der Waals surface area contributed by atoms with Gasteiger partial charge in [-0.25, -0.2) is 4.79 Å². The zero-order valence-corrected chi connectivity index (χ0v) is 15.7. The molecule has 3 N–H and O–H groups in total. The van der Waals surface area contributed by atoms with Crippen molar-refractivity contribution in [3.05, 3.63) is 52.6 Å². The summed E-state index contributed by atoms with van der Waals surface area (Å²) in [6, 6.07) is 3.67. The van der Waals surface area contributed by atoms with Gasteiger partial charge in [0.05, 0.1) is 12.2 Å². The minimum Gasteiger partial charge on any atom is -0.462 e. The van der Waals surface area contributed by atoms with Crippen molar-refractivity contribution in [2.45, 2.75) is 33.7 Å². The number of carbonyl (C=O) groups is 3. The molecule has 0 aliphatic heterocycles. The molecule has 0 aliphatic carbocycles. The highest BCUT2D eigenvalue weighted by molar-refractivity contribution is 6.00. The first-order chi connectivity index (χ1) is 12.9. The van der Waals surface area contributed by atoms with Crippen molar-refractivity contribution in [1.29, 1.82) is 0 Å². The van der Waals surface area contributed by atoms with Gasteiger partial charge in [0.2, 0.25) is 5.91 Å². The molecule has 144 valence electrons. The van der Waals surface area contributed by atoms with Crippen LogP contribution >= 0.6 is 0 Å². The fourth-order valence-corrected chi connectivity index (χ4v) is 2.66. The number of rotatable bonds is 8. The summed E-state index contributed by atoms with van der Waals surface area (Å²) < 4.78 is 5.01. The molecule has 2 heterocycles. The summed E-state index contributed by atoms with van der Waals surface area (Å²) in [5.74, 6) is -1.01. The lowest BCUT2D eigenvalue weighted by Gasteiger charge is -2.07. The van der Waals surface area contributed by atoms with Gasteiger partial charge in [0.25, 0.3) is 5.91 Å². The molecule has 0 aliphatic rings. The van der Waals surface area contributed by atoms with E-state index in [1.54, 1.807) is 39.2 Å². The van der Waals surface area contributed by atoms with Gasteiger partial charge in [-0.15, -0.1) is 0 Å². The Morgan fingerprint density at radius 2 is 2.00 bits per heavy atom. The van der Waals surface area contributed by atoms with E-state index in [-0.39, 0.29) is 31.4 Å². The molecule has 0 saturated carbocycles. The first kappa shape index (κ1) is 20.2. The number of nitrogens with one attached hydrogen (secondary N) is 3. The predicted molar refractivity (Wildman–Crippen MR) is 99.3 cm³/mol. The minimum absolute atomic E-state index is 0.148. The van der Waals surface area contributed by atoms with Gasteiger partial charge < -0.3 is 20.4 Å². The van der Waals surface area contributed by atoms with Gasteiger partial charge in [0, 0.05) is 37.6 Å². The lowest BCUT2D eigenvalue weighted by atomic mass is 10.1. The van der Waals surface area contributed by atoms with Gasteiger partial charge in [-0.1, -0.05) is 6.07 Å². The molecule has 0 aromatic carbocycles. The normalized spacial score (nSPS) is 10.3. The molecule has 2 aromatic heterocycles. The van der Waals surface area contributed by atoms with E-state index in [1.165, 1.54) is 0 Å². The zero-order valence-electron chi connectivity index (χ0n) is 15.7. The van der Waals surface area contributed by atoms with E-state index in [0.29, 0.717) is 29.1 Å². The molecule has 8 nitrogen and oxygen atoms in total. The molecular formula is C19H24N4O4. The first-order valence-corrected chi connectivity index (χ1v) is 8.74. The molecule has 0 atom stereocenters. The van der Waals surface area contributed by atoms with E-state index in [4.69, 9.17) is 4.74 Å². The molecule has 0 bridgehead atoms. The van der Waals surface area contributed by atoms with E-state index >= 15 is 0 Å². The summed E-state index contributed by atoms with van der Waals surface area (Å²) in [4.78, 5) is 43.1. The Balaban J connectivity index is 1.84. The number of aromatic amines is 1. The van der Waals surface area contributed by atoms with E-state index < -0.39 is 5.97 Å². The third-order valence-electron chi connectivity index (χ3n) is 3.99. The van der Waals surface area contributed by atoms with Crippen LogP contribution in [0.1, 0.15) is 51.0 Å². The summed E-state index contributed by atoms with van der Waals surface area (Å²) in [6.45, 7) is 5.95. The number of H-pyrrole nitrogens is 1. The SMILES string of the molecule is CCOC(=O)c1c(C)[nH]c(C(=O)NCCC(=O)NCc2cccnc2)c1C.